The lowest BCUT2D eigenvalue weighted by Crippen LogP contribution is -2.33. The number of carbonyl (C=O) groups excluding carboxylic acids is 1. The van der Waals surface area contributed by atoms with Crippen molar-refractivity contribution < 1.29 is 19.1 Å². The molecular formula is C18H18FN3O3. The summed E-state index contributed by atoms with van der Waals surface area (Å²) >= 11 is 0. The van der Waals surface area contributed by atoms with Crippen LogP contribution in [0, 0.1) is 11.7 Å². The van der Waals surface area contributed by atoms with Gasteiger partial charge in [0, 0.05) is 0 Å². The number of nitrogens with zero attached hydrogens (tertiary/aromatic N) is 2. The molecule has 0 aliphatic heterocycles. The molecule has 1 heterocycles. The van der Waals surface area contributed by atoms with Gasteiger partial charge in [-0.05, 0) is 36.5 Å². The molecule has 6 nitrogen and oxygen atoms in total. The quantitative estimate of drug-likeness (QED) is 0.871. The number of carboxylic acids is 1. The zero-order valence-electron chi connectivity index (χ0n) is 13.5. The third kappa shape index (κ3) is 3.99. The summed E-state index contributed by atoms with van der Waals surface area (Å²) in [6.45, 7) is 0. The molecule has 1 aliphatic rings. The Bertz CT molecular complexity index is 773. The second kappa shape index (κ2) is 7.38. The second-order valence-corrected chi connectivity index (χ2v) is 6.14. The van der Waals surface area contributed by atoms with Crippen molar-refractivity contribution in [3.8, 4) is 0 Å². The van der Waals surface area contributed by atoms with Crippen LogP contribution in [0.2, 0.25) is 0 Å². The molecule has 130 valence electrons. The predicted molar refractivity (Wildman–Crippen MR) is 87.6 cm³/mol. The van der Waals surface area contributed by atoms with Gasteiger partial charge in [0.2, 0.25) is 0 Å². The molecule has 2 aromatic rings. The van der Waals surface area contributed by atoms with Crippen molar-refractivity contribution in [1.29, 1.82) is 0 Å². The van der Waals surface area contributed by atoms with Crippen LogP contribution < -0.4 is 5.32 Å². The lowest BCUT2D eigenvalue weighted by atomic mass is 9.91. The number of aromatic carboxylic acids is 1. The number of carboxylic acid groups (broad SMARTS) is 1. The van der Waals surface area contributed by atoms with E-state index in [9.17, 15) is 14.0 Å². The van der Waals surface area contributed by atoms with E-state index in [1.54, 1.807) is 12.1 Å². The maximum absolute atomic E-state index is 13.6. The van der Waals surface area contributed by atoms with Crippen LogP contribution in [0.1, 0.15) is 58.3 Å². The highest BCUT2D eigenvalue weighted by atomic mass is 19.1. The van der Waals surface area contributed by atoms with Crippen molar-refractivity contribution in [2.45, 2.75) is 31.7 Å². The SMILES string of the molecule is O=C(O)c1cnc(C(=O)NC(c2cccc(F)c2)C2CCCC2)cn1. The summed E-state index contributed by atoms with van der Waals surface area (Å²) in [5.41, 5.74) is 0.522. The molecule has 0 bridgehead atoms. The standard InChI is InChI=1S/C18H18FN3O3/c19-13-7-3-6-12(8-13)16(11-4-1-2-5-11)22-17(23)14-9-21-15(10-20-14)18(24)25/h3,6-11,16H,1-2,4-5H2,(H,22,23)(H,24,25). The van der Waals surface area contributed by atoms with E-state index in [1.807, 2.05) is 0 Å². The van der Waals surface area contributed by atoms with E-state index < -0.39 is 11.9 Å². The van der Waals surface area contributed by atoms with Crippen LogP contribution in [-0.4, -0.2) is 27.0 Å². The van der Waals surface area contributed by atoms with Crippen molar-refractivity contribution in [3.05, 3.63) is 59.4 Å². The van der Waals surface area contributed by atoms with Crippen LogP contribution in [0.5, 0.6) is 0 Å². The highest BCUT2D eigenvalue weighted by Crippen LogP contribution is 2.36. The fourth-order valence-electron chi connectivity index (χ4n) is 3.24. The zero-order chi connectivity index (χ0) is 17.8. The normalized spacial score (nSPS) is 15.7. The molecule has 3 rings (SSSR count). The Morgan fingerprint density at radius 3 is 2.44 bits per heavy atom. The van der Waals surface area contributed by atoms with Crippen LogP contribution in [0.15, 0.2) is 36.7 Å². The van der Waals surface area contributed by atoms with Crippen molar-refractivity contribution in [3.63, 3.8) is 0 Å². The molecule has 0 radical (unpaired) electrons. The van der Waals surface area contributed by atoms with Crippen molar-refractivity contribution in [2.75, 3.05) is 0 Å². The molecule has 0 saturated heterocycles. The van der Waals surface area contributed by atoms with Gasteiger partial charge in [0.15, 0.2) is 5.69 Å². The van der Waals surface area contributed by atoms with Crippen LogP contribution >= 0.6 is 0 Å². The number of hydrogen-bond acceptors (Lipinski definition) is 4. The van der Waals surface area contributed by atoms with Gasteiger partial charge in [-0.3, -0.25) is 4.79 Å². The molecule has 1 aliphatic carbocycles. The van der Waals surface area contributed by atoms with Crippen LogP contribution in [0.3, 0.4) is 0 Å². The number of rotatable bonds is 5. The Morgan fingerprint density at radius 1 is 1.16 bits per heavy atom. The van der Waals surface area contributed by atoms with Gasteiger partial charge in [0.1, 0.15) is 11.5 Å². The fourth-order valence-corrected chi connectivity index (χ4v) is 3.24. The van der Waals surface area contributed by atoms with Gasteiger partial charge in [0.05, 0.1) is 18.4 Å². The Labute approximate surface area is 144 Å². The molecule has 25 heavy (non-hydrogen) atoms. The summed E-state index contributed by atoms with van der Waals surface area (Å²) < 4.78 is 13.6. The largest absolute Gasteiger partial charge is 0.476 e. The number of hydrogen-bond donors (Lipinski definition) is 2. The third-order valence-corrected chi connectivity index (χ3v) is 4.47. The molecule has 1 atom stereocenters. The van der Waals surface area contributed by atoms with Crippen LogP contribution in [0.4, 0.5) is 4.39 Å². The molecule has 7 heteroatoms. The first-order valence-electron chi connectivity index (χ1n) is 8.16. The summed E-state index contributed by atoms with van der Waals surface area (Å²) in [6, 6.07) is 5.91. The summed E-state index contributed by atoms with van der Waals surface area (Å²) in [7, 11) is 0. The Kier molecular flexibility index (Phi) is 5.02. The van der Waals surface area contributed by atoms with Gasteiger partial charge in [-0.15, -0.1) is 0 Å². The minimum absolute atomic E-state index is 0.0319. The van der Waals surface area contributed by atoms with Gasteiger partial charge >= 0.3 is 5.97 Å². The van der Waals surface area contributed by atoms with Gasteiger partial charge in [-0.2, -0.15) is 0 Å². The highest BCUT2D eigenvalue weighted by Gasteiger charge is 2.28. The number of aromatic nitrogens is 2. The van der Waals surface area contributed by atoms with Crippen LogP contribution in [-0.2, 0) is 0 Å². The van der Waals surface area contributed by atoms with Gasteiger partial charge in [0.25, 0.3) is 5.91 Å². The zero-order valence-corrected chi connectivity index (χ0v) is 13.5. The summed E-state index contributed by atoms with van der Waals surface area (Å²) in [5.74, 6) is -1.77. The average molecular weight is 343 g/mol. The molecule has 1 amide bonds. The van der Waals surface area contributed by atoms with Gasteiger partial charge in [-0.1, -0.05) is 25.0 Å². The number of benzene rings is 1. The molecule has 1 fully saturated rings. The van der Waals surface area contributed by atoms with Gasteiger partial charge in [-0.25, -0.2) is 19.2 Å². The predicted octanol–water partition coefficient (Wildman–Crippen LogP) is 2.98. The molecular weight excluding hydrogens is 325 g/mol. The fraction of sp³-hybridized carbons (Fsp3) is 0.333. The molecule has 1 aromatic heterocycles. The molecule has 1 unspecified atom stereocenters. The van der Waals surface area contributed by atoms with E-state index in [2.05, 4.69) is 15.3 Å². The maximum atomic E-state index is 13.6. The molecule has 1 saturated carbocycles. The van der Waals surface area contributed by atoms with Crippen LogP contribution in [0.25, 0.3) is 0 Å². The van der Waals surface area contributed by atoms with E-state index in [-0.39, 0.29) is 29.2 Å². The highest BCUT2D eigenvalue weighted by molar-refractivity contribution is 5.93. The maximum Gasteiger partial charge on any atom is 0.356 e. The number of amides is 1. The first kappa shape index (κ1) is 17.0. The number of carbonyl (C=O) groups is 2. The Balaban J connectivity index is 1.81. The van der Waals surface area contributed by atoms with E-state index >= 15 is 0 Å². The van der Waals surface area contributed by atoms with Crippen molar-refractivity contribution in [1.82, 2.24) is 15.3 Å². The lowest BCUT2D eigenvalue weighted by molar-refractivity contribution is 0.0688. The van der Waals surface area contributed by atoms with Crippen molar-refractivity contribution >= 4 is 11.9 Å². The van der Waals surface area contributed by atoms with E-state index in [0.29, 0.717) is 0 Å². The average Bonchev–Trinajstić information content (AvgIpc) is 3.13. The monoisotopic (exact) mass is 343 g/mol. The summed E-state index contributed by atoms with van der Waals surface area (Å²) in [6.07, 6.45) is 6.27. The van der Waals surface area contributed by atoms with E-state index in [4.69, 9.17) is 5.11 Å². The Hall–Kier alpha value is -2.83. The molecule has 0 spiro atoms. The lowest BCUT2D eigenvalue weighted by Gasteiger charge is -2.25. The smallest absolute Gasteiger partial charge is 0.356 e. The summed E-state index contributed by atoms with van der Waals surface area (Å²) in [5, 5.41) is 11.8. The van der Waals surface area contributed by atoms with E-state index in [0.717, 1.165) is 43.6 Å². The minimum Gasteiger partial charge on any atom is -0.476 e. The first-order chi connectivity index (χ1) is 12.0. The first-order valence-corrected chi connectivity index (χ1v) is 8.16. The molecule has 1 aromatic carbocycles. The number of halogens is 1. The topological polar surface area (TPSA) is 92.2 Å². The third-order valence-electron chi connectivity index (χ3n) is 4.47. The number of nitrogens with one attached hydrogen (secondary N) is 1. The van der Waals surface area contributed by atoms with Crippen molar-refractivity contribution in [2.24, 2.45) is 5.92 Å². The minimum atomic E-state index is -1.21. The van der Waals surface area contributed by atoms with E-state index in [1.165, 1.54) is 12.1 Å². The Morgan fingerprint density at radius 2 is 1.84 bits per heavy atom. The second-order valence-electron chi connectivity index (χ2n) is 6.14. The summed E-state index contributed by atoms with van der Waals surface area (Å²) in [4.78, 5) is 30.9. The van der Waals surface area contributed by atoms with Gasteiger partial charge < -0.3 is 10.4 Å². The molecule has 2 N–H and O–H groups in total.